The van der Waals surface area contributed by atoms with Crippen molar-refractivity contribution in [3.05, 3.63) is 22.8 Å². The summed E-state index contributed by atoms with van der Waals surface area (Å²) in [6, 6.07) is 0. The van der Waals surface area contributed by atoms with Gasteiger partial charge in [-0.2, -0.15) is 0 Å². The molecule has 0 radical (unpaired) electrons. The van der Waals surface area contributed by atoms with Crippen LogP contribution in [0.2, 0.25) is 0 Å². The highest BCUT2D eigenvalue weighted by Gasteiger charge is 2.39. The first-order valence-corrected chi connectivity index (χ1v) is 12.9. The summed E-state index contributed by atoms with van der Waals surface area (Å²) in [6.45, 7) is 13.1. The topological polar surface area (TPSA) is 96.8 Å². The number of rotatable bonds is 4. The van der Waals surface area contributed by atoms with Crippen molar-refractivity contribution in [3.8, 4) is 0 Å². The second-order valence-electron chi connectivity index (χ2n) is 9.25. The van der Waals surface area contributed by atoms with Crippen molar-refractivity contribution in [1.82, 2.24) is 9.97 Å². The Morgan fingerprint density at radius 2 is 1.00 bits per heavy atom. The van der Waals surface area contributed by atoms with Crippen LogP contribution in [0.1, 0.15) is 50.5 Å². The number of hydrogen-bond acceptors (Lipinski definition) is 8. The van der Waals surface area contributed by atoms with Gasteiger partial charge in [-0.05, 0) is 13.8 Å². The summed E-state index contributed by atoms with van der Waals surface area (Å²) in [5, 5.41) is 0. The Morgan fingerprint density at radius 3 is 1.29 bits per heavy atom. The molecule has 2 saturated heterocycles. The Hall–Kier alpha value is -0.620. The van der Waals surface area contributed by atoms with Gasteiger partial charge in [0.15, 0.2) is 0 Å². The van der Waals surface area contributed by atoms with Crippen LogP contribution in [-0.4, -0.2) is 36.4 Å². The van der Waals surface area contributed by atoms with Gasteiger partial charge in [0.25, 0.3) is 0 Å². The molecule has 28 heavy (non-hydrogen) atoms. The summed E-state index contributed by atoms with van der Waals surface area (Å²) in [5.74, 6) is 0. The molecule has 1 aromatic heterocycles. The third-order valence-electron chi connectivity index (χ3n) is 4.74. The number of aromatic nitrogens is 2. The van der Waals surface area contributed by atoms with Gasteiger partial charge in [-0.25, -0.2) is 0 Å². The first kappa shape index (κ1) is 22.1. The standard InChI is InChI=1S/C18H30N2O6P2/c1-13-15(7-27(21)23-9-17(3,4)10-24-27)20-14(2)16(19-13)8-28(22)25-11-18(5,6)12-26-28/h7-12H2,1-6H3. The van der Waals surface area contributed by atoms with Gasteiger partial charge in [0.05, 0.1) is 61.5 Å². The normalized spacial score (nSPS) is 25.4. The molecule has 158 valence electrons. The van der Waals surface area contributed by atoms with E-state index in [0.29, 0.717) is 49.2 Å². The molecule has 0 N–H and O–H groups in total. The van der Waals surface area contributed by atoms with Crippen molar-refractivity contribution < 1.29 is 27.2 Å². The van der Waals surface area contributed by atoms with Crippen LogP contribution < -0.4 is 0 Å². The van der Waals surface area contributed by atoms with Gasteiger partial charge in [0.1, 0.15) is 0 Å². The maximum Gasteiger partial charge on any atom is 0.336 e. The zero-order valence-electron chi connectivity index (χ0n) is 17.5. The van der Waals surface area contributed by atoms with Crippen LogP contribution in [0.3, 0.4) is 0 Å². The lowest BCUT2D eigenvalue weighted by molar-refractivity contribution is 0.0404. The van der Waals surface area contributed by atoms with E-state index in [4.69, 9.17) is 18.1 Å². The molecule has 8 nitrogen and oxygen atoms in total. The van der Waals surface area contributed by atoms with Crippen molar-refractivity contribution in [2.45, 2.75) is 53.9 Å². The Morgan fingerprint density at radius 1 is 0.714 bits per heavy atom. The molecule has 0 bridgehead atoms. The van der Waals surface area contributed by atoms with Crippen molar-refractivity contribution in [2.24, 2.45) is 10.8 Å². The lowest BCUT2D eigenvalue weighted by Crippen LogP contribution is -2.30. The summed E-state index contributed by atoms with van der Waals surface area (Å²) >= 11 is 0. The molecular weight excluding hydrogens is 402 g/mol. The summed E-state index contributed by atoms with van der Waals surface area (Å²) < 4.78 is 47.9. The van der Waals surface area contributed by atoms with E-state index in [0.717, 1.165) is 0 Å². The number of hydrogen-bond donors (Lipinski definition) is 0. The van der Waals surface area contributed by atoms with Crippen LogP contribution in [0.25, 0.3) is 0 Å². The van der Waals surface area contributed by atoms with E-state index in [2.05, 4.69) is 9.97 Å². The minimum atomic E-state index is -3.25. The second kappa shape index (κ2) is 7.57. The first-order chi connectivity index (χ1) is 12.8. The molecule has 0 atom stereocenters. The minimum absolute atomic E-state index is 0.0713. The molecule has 2 aliphatic rings. The molecule has 3 rings (SSSR count). The van der Waals surface area contributed by atoms with Gasteiger partial charge in [0.2, 0.25) is 0 Å². The summed E-state index contributed by atoms with van der Waals surface area (Å²) in [4.78, 5) is 9.09. The fraction of sp³-hybridized carbons (Fsp3) is 0.778. The van der Waals surface area contributed by atoms with Crippen molar-refractivity contribution in [1.29, 1.82) is 0 Å². The fourth-order valence-corrected chi connectivity index (χ4v) is 6.83. The van der Waals surface area contributed by atoms with Crippen LogP contribution in [0.15, 0.2) is 0 Å². The third-order valence-corrected chi connectivity index (χ3v) is 8.20. The minimum Gasteiger partial charge on any atom is -0.308 e. The highest BCUT2D eigenvalue weighted by atomic mass is 31.2. The van der Waals surface area contributed by atoms with E-state index in [9.17, 15) is 9.13 Å². The molecule has 0 spiro atoms. The SMILES string of the molecule is Cc1nc(CP2(=O)OCC(C)(C)CO2)c(C)nc1CP1(=O)OCC(C)(C)CO1. The Balaban J connectivity index is 1.73. The third kappa shape index (κ3) is 5.29. The summed E-state index contributed by atoms with van der Waals surface area (Å²) in [6.07, 6.45) is 0.143. The smallest absolute Gasteiger partial charge is 0.308 e. The Kier molecular flexibility index (Phi) is 5.97. The molecule has 1 aromatic rings. The lowest BCUT2D eigenvalue weighted by Gasteiger charge is -2.34. The van der Waals surface area contributed by atoms with E-state index < -0.39 is 15.2 Å². The van der Waals surface area contributed by atoms with Crippen LogP contribution in [0.4, 0.5) is 0 Å². The summed E-state index contributed by atoms with van der Waals surface area (Å²) in [7, 11) is -6.49. The van der Waals surface area contributed by atoms with E-state index in [-0.39, 0.29) is 23.2 Å². The molecule has 10 heteroatoms. The number of aryl methyl sites for hydroxylation is 2. The lowest BCUT2D eigenvalue weighted by atomic mass is 9.97. The largest absolute Gasteiger partial charge is 0.336 e. The number of nitrogens with zero attached hydrogens (tertiary/aromatic N) is 2. The Bertz CT molecular complexity index is 757. The van der Waals surface area contributed by atoms with E-state index >= 15 is 0 Å². The molecule has 0 saturated carbocycles. The predicted octanol–water partition coefficient (Wildman–Crippen LogP) is 4.63. The molecule has 2 aliphatic heterocycles. The highest BCUT2D eigenvalue weighted by molar-refractivity contribution is 7.53. The highest BCUT2D eigenvalue weighted by Crippen LogP contribution is 2.57. The van der Waals surface area contributed by atoms with Gasteiger partial charge in [-0.1, -0.05) is 27.7 Å². The fourth-order valence-electron chi connectivity index (χ4n) is 2.79. The van der Waals surface area contributed by atoms with Crippen molar-refractivity contribution >= 4 is 15.2 Å². The van der Waals surface area contributed by atoms with E-state index in [1.165, 1.54) is 0 Å². The van der Waals surface area contributed by atoms with Gasteiger partial charge >= 0.3 is 15.2 Å². The van der Waals surface area contributed by atoms with E-state index in [1.54, 1.807) is 13.8 Å². The Labute approximate surface area is 166 Å². The average Bonchev–Trinajstić information content (AvgIpc) is 2.59. The maximum absolute atomic E-state index is 12.9. The van der Waals surface area contributed by atoms with Crippen LogP contribution >= 0.6 is 15.2 Å². The summed E-state index contributed by atoms with van der Waals surface area (Å²) in [5.41, 5.74) is 2.03. The van der Waals surface area contributed by atoms with E-state index in [1.807, 2.05) is 27.7 Å². The maximum atomic E-state index is 12.9. The monoisotopic (exact) mass is 432 g/mol. The van der Waals surface area contributed by atoms with Gasteiger partial charge in [-0.3, -0.25) is 19.1 Å². The van der Waals surface area contributed by atoms with Gasteiger partial charge in [0, 0.05) is 10.8 Å². The average molecular weight is 432 g/mol. The van der Waals surface area contributed by atoms with Crippen LogP contribution in [-0.2, 0) is 39.5 Å². The molecule has 0 amide bonds. The predicted molar refractivity (Wildman–Crippen MR) is 105 cm³/mol. The first-order valence-electron chi connectivity index (χ1n) is 9.40. The zero-order chi connectivity index (χ0) is 20.8. The molecule has 0 aliphatic carbocycles. The van der Waals surface area contributed by atoms with Crippen molar-refractivity contribution in [2.75, 3.05) is 26.4 Å². The zero-order valence-corrected chi connectivity index (χ0v) is 19.3. The second-order valence-corrected chi connectivity index (χ2v) is 13.4. The quantitative estimate of drug-likeness (QED) is 0.636. The molecule has 2 fully saturated rings. The molecule has 3 heterocycles. The van der Waals surface area contributed by atoms with Crippen LogP contribution in [0, 0.1) is 24.7 Å². The molecule has 0 unspecified atom stereocenters. The van der Waals surface area contributed by atoms with Gasteiger partial charge < -0.3 is 18.1 Å². The van der Waals surface area contributed by atoms with Crippen molar-refractivity contribution in [3.63, 3.8) is 0 Å². The molecule has 0 aromatic carbocycles. The van der Waals surface area contributed by atoms with Gasteiger partial charge in [-0.15, -0.1) is 0 Å². The van der Waals surface area contributed by atoms with Crippen LogP contribution in [0.5, 0.6) is 0 Å². The molecular formula is C18H30N2O6P2.